The fourth-order valence-electron chi connectivity index (χ4n) is 6.67. The van der Waals surface area contributed by atoms with E-state index in [0.717, 1.165) is 31.7 Å². The smallest absolute Gasteiger partial charge is 0.428 e. The Labute approximate surface area is 341 Å². The maximum atomic E-state index is 14.8. The Morgan fingerprint density at radius 1 is 0.672 bits per heavy atom. The number of nitrogens with one attached hydrogen (secondary N) is 1. The lowest BCUT2D eigenvalue weighted by Gasteiger charge is -2.44. The number of nitrogens with zero attached hydrogens (tertiary/aromatic N) is 3. The van der Waals surface area contributed by atoms with Crippen LogP contribution >= 0.6 is 0 Å². The van der Waals surface area contributed by atoms with Gasteiger partial charge in [0.15, 0.2) is 6.04 Å². The molecule has 1 saturated heterocycles. The number of ether oxygens (including phenoxy) is 3. The van der Waals surface area contributed by atoms with Crippen LogP contribution in [0.3, 0.4) is 0 Å². The monoisotopic (exact) mass is 790 g/mol. The quantitative estimate of drug-likeness (QED) is 0.0733. The van der Waals surface area contributed by atoms with Crippen molar-refractivity contribution in [1.82, 2.24) is 20.5 Å². The molecule has 4 aromatic carbocycles. The summed E-state index contributed by atoms with van der Waals surface area (Å²) in [4.78, 5) is 69.4. The van der Waals surface area contributed by atoms with Crippen LogP contribution in [0.25, 0.3) is 0 Å². The number of urea groups is 1. The molecule has 4 aromatic rings. The molecule has 1 unspecified atom stereocenters. The Kier molecular flexibility index (Phi) is 15.0. The topological polar surface area (TPSA) is 135 Å². The lowest BCUT2D eigenvalue weighted by molar-refractivity contribution is -0.161. The zero-order valence-corrected chi connectivity index (χ0v) is 33.8. The summed E-state index contributed by atoms with van der Waals surface area (Å²) in [5.41, 5.74) is 4.86. The van der Waals surface area contributed by atoms with Gasteiger partial charge >= 0.3 is 24.1 Å². The van der Waals surface area contributed by atoms with Crippen LogP contribution in [0, 0.1) is 10.8 Å². The third-order valence-electron chi connectivity index (χ3n) is 9.61. The molecule has 0 bridgehead atoms. The van der Waals surface area contributed by atoms with Crippen LogP contribution in [-0.4, -0.2) is 77.3 Å². The highest BCUT2D eigenvalue weighted by atomic mass is 16.6. The van der Waals surface area contributed by atoms with Crippen molar-refractivity contribution in [1.29, 1.82) is 0 Å². The maximum absolute atomic E-state index is 14.8. The normalized spacial score (nSPS) is 14.2. The number of hydrogen-bond acceptors (Lipinski definition) is 8. The fraction of sp³-hybridized carbons (Fsp3) is 0.370. The summed E-state index contributed by atoms with van der Waals surface area (Å²) in [6.07, 6.45) is 0.645. The van der Waals surface area contributed by atoms with Crippen molar-refractivity contribution >= 4 is 30.0 Å². The van der Waals surface area contributed by atoms with Gasteiger partial charge in [-0.15, -0.1) is 0 Å². The predicted octanol–water partition coefficient (Wildman–Crippen LogP) is 7.79. The van der Waals surface area contributed by atoms with Crippen LogP contribution in [0.5, 0.6) is 0 Å². The average molecular weight is 791 g/mol. The van der Waals surface area contributed by atoms with Gasteiger partial charge in [-0.1, -0.05) is 137 Å². The van der Waals surface area contributed by atoms with Crippen molar-refractivity contribution in [2.24, 2.45) is 10.8 Å². The summed E-state index contributed by atoms with van der Waals surface area (Å²) in [6, 6.07) is 34.9. The van der Waals surface area contributed by atoms with Crippen LogP contribution in [0.15, 0.2) is 121 Å². The van der Waals surface area contributed by atoms with Gasteiger partial charge in [0.05, 0.1) is 26.2 Å². The molecule has 4 amide bonds. The van der Waals surface area contributed by atoms with E-state index in [4.69, 9.17) is 14.2 Å². The number of hydrogen-bond donors (Lipinski definition) is 1. The van der Waals surface area contributed by atoms with Gasteiger partial charge in [-0.3, -0.25) is 15.0 Å². The second kappa shape index (κ2) is 20.3. The highest BCUT2D eigenvalue weighted by Gasteiger charge is 2.44. The van der Waals surface area contributed by atoms with Crippen LogP contribution in [-0.2, 0) is 43.2 Å². The maximum Gasteiger partial charge on any atom is 0.428 e. The largest absolute Gasteiger partial charge is 0.464 e. The van der Waals surface area contributed by atoms with Gasteiger partial charge in [0, 0.05) is 22.9 Å². The van der Waals surface area contributed by atoms with E-state index in [1.807, 2.05) is 119 Å². The number of carbonyl (C=O) groups is 5. The Balaban J connectivity index is 1.39. The molecule has 0 saturated carbocycles. The Morgan fingerprint density at radius 2 is 1.17 bits per heavy atom. The van der Waals surface area contributed by atoms with Gasteiger partial charge in [0.2, 0.25) is 0 Å². The standard InChI is InChI=1S/C46H54N4O8/c1-45(2,30-35-18-9-5-10-19-35)33-57-42(53)39-26-17-28-49(44(55)58-34-46(3,4)31-36-20-11-6-12-21-36)50(39)43(54)48(47-41(52)38-24-15-8-16-25-38)29-27-40(51)56-32-37-22-13-7-14-23-37/h5-16,18-25,39H,17,26-34H2,1-4H3,(H,47,52). The van der Waals surface area contributed by atoms with Crippen molar-refractivity contribution in [3.8, 4) is 0 Å². The average Bonchev–Trinajstić information content (AvgIpc) is 3.23. The van der Waals surface area contributed by atoms with E-state index in [1.54, 1.807) is 30.3 Å². The molecule has 0 aliphatic carbocycles. The summed E-state index contributed by atoms with van der Waals surface area (Å²) < 4.78 is 17.3. The molecule has 0 spiro atoms. The zero-order valence-electron chi connectivity index (χ0n) is 33.8. The number of rotatable bonds is 15. The first kappa shape index (κ1) is 43.0. The Bertz CT molecular complexity index is 1880. The number of benzene rings is 4. The molecule has 1 aliphatic rings. The summed E-state index contributed by atoms with van der Waals surface area (Å²) in [5.74, 6) is -1.97. The Morgan fingerprint density at radius 3 is 1.72 bits per heavy atom. The molecule has 1 fully saturated rings. The first-order chi connectivity index (χ1) is 27.8. The minimum Gasteiger partial charge on any atom is -0.464 e. The molecular formula is C46H54N4O8. The molecular weight excluding hydrogens is 737 g/mol. The molecule has 58 heavy (non-hydrogen) atoms. The lowest BCUT2D eigenvalue weighted by Crippen LogP contribution is -2.65. The summed E-state index contributed by atoms with van der Waals surface area (Å²) >= 11 is 0. The number of esters is 2. The Hall–Kier alpha value is -6.17. The summed E-state index contributed by atoms with van der Waals surface area (Å²) in [6.45, 7) is 7.70. The van der Waals surface area contributed by atoms with Crippen LogP contribution in [0.4, 0.5) is 9.59 Å². The molecule has 1 atom stereocenters. The van der Waals surface area contributed by atoms with E-state index in [1.165, 1.54) is 0 Å². The highest BCUT2D eigenvalue weighted by molar-refractivity contribution is 5.95. The van der Waals surface area contributed by atoms with Crippen molar-refractivity contribution < 1.29 is 38.2 Å². The minimum absolute atomic E-state index is 0.0176. The molecule has 12 heteroatoms. The number of amides is 4. The summed E-state index contributed by atoms with van der Waals surface area (Å²) in [7, 11) is 0. The van der Waals surface area contributed by atoms with E-state index in [9.17, 15) is 24.0 Å². The highest BCUT2D eigenvalue weighted by Crippen LogP contribution is 2.28. The van der Waals surface area contributed by atoms with Gasteiger partial charge in [0.1, 0.15) is 6.61 Å². The third kappa shape index (κ3) is 12.9. The van der Waals surface area contributed by atoms with E-state index < -0.39 is 46.8 Å². The SMILES string of the molecule is CC(C)(COC(=O)C1CCCN(C(=O)OCC(C)(C)Cc2ccccc2)N1C(=O)N(CCC(=O)OCc1ccccc1)NC(=O)c1ccccc1)Cc1ccccc1. The van der Waals surface area contributed by atoms with E-state index in [2.05, 4.69) is 5.43 Å². The molecule has 0 radical (unpaired) electrons. The van der Waals surface area contributed by atoms with Gasteiger partial charge < -0.3 is 14.2 Å². The van der Waals surface area contributed by atoms with Crippen molar-refractivity contribution in [2.75, 3.05) is 26.3 Å². The van der Waals surface area contributed by atoms with Crippen molar-refractivity contribution in [3.05, 3.63) is 144 Å². The van der Waals surface area contributed by atoms with E-state index >= 15 is 0 Å². The first-order valence-corrected chi connectivity index (χ1v) is 19.7. The van der Waals surface area contributed by atoms with Crippen molar-refractivity contribution in [3.63, 3.8) is 0 Å². The van der Waals surface area contributed by atoms with Gasteiger partial charge in [-0.2, -0.15) is 0 Å². The molecule has 1 aliphatic heterocycles. The van der Waals surface area contributed by atoms with Gasteiger partial charge in [-0.25, -0.2) is 29.4 Å². The van der Waals surface area contributed by atoms with Crippen LogP contribution in [0.2, 0.25) is 0 Å². The van der Waals surface area contributed by atoms with Crippen molar-refractivity contribution in [2.45, 2.75) is 72.4 Å². The van der Waals surface area contributed by atoms with Crippen LogP contribution in [0.1, 0.15) is 74.0 Å². The first-order valence-electron chi connectivity index (χ1n) is 19.7. The van der Waals surface area contributed by atoms with Crippen LogP contribution < -0.4 is 5.43 Å². The molecule has 12 nitrogen and oxygen atoms in total. The number of carbonyl (C=O) groups excluding carboxylic acids is 5. The molecule has 1 N–H and O–H groups in total. The zero-order chi connectivity index (χ0) is 41.5. The van der Waals surface area contributed by atoms with E-state index in [0.29, 0.717) is 19.3 Å². The molecule has 1 heterocycles. The third-order valence-corrected chi connectivity index (χ3v) is 9.61. The van der Waals surface area contributed by atoms with Gasteiger partial charge in [-0.05, 0) is 54.5 Å². The second-order valence-electron chi connectivity index (χ2n) is 16.1. The van der Waals surface area contributed by atoms with Gasteiger partial charge in [0.25, 0.3) is 5.91 Å². The minimum atomic E-state index is -1.25. The lowest BCUT2D eigenvalue weighted by atomic mass is 9.86. The second-order valence-corrected chi connectivity index (χ2v) is 16.1. The number of hydrazine groups is 2. The summed E-state index contributed by atoms with van der Waals surface area (Å²) in [5, 5.41) is 3.04. The van der Waals surface area contributed by atoms with E-state index in [-0.39, 0.29) is 51.3 Å². The molecule has 0 aromatic heterocycles. The molecule has 306 valence electrons. The fourth-order valence-corrected chi connectivity index (χ4v) is 6.67. The predicted molar refractivity (Wildman–Crippen MR) is 219 cm³/mol. The molecule has 5 rings (SSSR count).